The van der Waals surface area contributed by atoms with E-state index < -0.39 is 0 Å². The van der Waals surface area contributed by atoms with Crippen LogP contribution in [0.4, 0.5) is 0 Å². The van der Waals surface area contributed by atoms with Crippen LogP contribution in [-0.2, 0) is 0 Å². The molecule has 1 aromatic rings. The number of rotatable bonds is 1. The van der Waals surface area contributed by atoms with Crippen molar-refractivity contribution in [3.63, 3.8) is 0 Å². The fourth-order valence-corrected chi connectivity index (χ4v) is 1.49. The van der Waals surface area contributed by atoms with Crippen molar-refractivity contribution in [1.29, 1.82) is 0 Å². The Morgan fingerprint density at radius 3 is 2.50 bits per heavy atom. The molecule has 0 fully saturated rings. The summed E-state index contributed by atoms with van der Waals surface area (Å²) in [6.07, 6.45) is 0. The monoisotopic (exact) mass is 266 g/mol. The van der Waals surface area contributed by atoms with Crippen molar-refractivity contribution < 1.29 is 4.74 Å². The Labute approximate surface area is 76.8 Å². The molecule has 0 heterocycles. The van der Waals surface area contributed by atoms with E-state index in [1.807, 2.05) is 18.2 Å². The van der Waals surface area contributed by atoms with Gasteiger partial charge in [0.1, 0.15) is 0 Å². The van der Waals surface area contributed by atoms with Crippen molar-refractivity contribution in [3.05, 3.63) is 18.2 Å². The van der Waals surface area contributed by atoms with E-state index in [1.54, 1.807) is 7.11 Å². The molecule has 3 heteroatoms. The van der Waals surface area contributed by atoms with Crippen LogP contribution in [-0.4, -0.2) is 39.1 Å². The third-order valence-corrected chi connectivity index (χ3v) is 3.42. The van der Waals surface area contributed by atoms with Crippen LogP contribution in [0.2, 0.25) is 0 Å². The van der Waals surface area contributed by atoms with Crippen LogP contribution < -0.4 is 13.7 Å². The van der Waals surface area contributed by atoms with Gasteiger partial charge in [0.05, 0.1) is 0 Å². The quantitative estimate of drug-likeness (QED) is 0.608. The van der Waals surface area contributed by atoms with Crippen LogP contribution in [0.1, 0.15) is 0 Å². The van der Waals surface area contributed by atoms with Crippen LogP contribution in [0.3, 0.4) is 0 Å². The Balaban J connectivity index is 3.14. The molecule has 1 nitrogen and oxygen atoms in total. The van der Waals surface area contributed by atoms with Gasteiger partial charge >= 0.3 is 76.7 Å². The van der Waals surface area contributed by atoms with Crippen LogP contribution in [0.15, 0.2) is 18.2 Å². The molecule has 0 amide bonds. The molecule has 0 saturated carbocycles. The van der Waals surface area contributed by atoms with Crippen molar-refractivity contribution in [2.75, 3.05) is 7.11 Å². The van der Waals surface area contributed by atoms with Crippen LogP contribution in [0, 0.1) is 0 Å². The van der Waals surface area contributed by atoms with Gasteiger partial charge in [-0.1, -0.05) is 0 Å². The summed E-state index contributed by atoms with van der Waals surface area (Å²) >= 11 is 5.87. The second kappa shape index (κ2) is 3.45. The third kappa shape index (κ3) is 1.56. The van der Waals surface area contributed by atoms with Crippen LogP contribution >= 0.6 is 0 Å². The normalized spacial score (nSPS) is 9.30. The summed E-state index contributed by atoms with van der Waals surface area (Å²) in [6.45, 7) is 0. The van der Waals surface area contributed by atoms with Gasteiger partial charge < -0.3 is 0 Å². The second-order valence-corrected chi connectivity index (χ2v) is 3.57. The summed E-state index contributed by atoms with van der Waals surface area (Å²) in [4.78, 5) is 0. The van der Waals surface area contributed by atoms with Gasteiger partial charge in [-0.25, -0.2) is 0 Å². The van der Waals surface area contributed by atoms with Crippen LogP contribution in [0.25, 0.3) is 0 Å². The molecule has 1 aromatic carbocycles. The molecule has 52 valence electrons. The molecule has 0 aliphatic carbocycles. The molecule has 1 rings (SSSR count). The predicted octanol–water partition coefficient (Wildman–Crippen LogP) is -0.717. The van der Waals surface area contributed by atoms with Crippen molar-refractivity contribution in [2.45, 2.75) is 0 Å². The summed E-state index contributed by atoms with van der Waals surface area (Å²) in [5, 5.41) is 0. The molecule has 2 radical (unpaired) electrons. The summed E-state index contributed by atoms with van der Waals surface area (Å²) in [6, 6.07) is 5.87. The molecule has 0 saturated heterocycles. The molecular formula is C7H6OSe2. The fraction of sp³-hybridized carbons (Fsp3) is 0.143. The Morgan fingerprint density at radius 2 is 2.00 bits per heavy atom. The third-order valence-electron chi connectivity index (χ3n) is 1.16. The van der Waals surface area contributed by atoms with Gasteiger partial charge in [0.25, 0.3) is 0 Å². The molecule has 0 bridgehead atoms. The van der Waals surface area contributed by atoms with Crippen LogP contribution in [0.5, 0.6) is 5.75 Å². The van der Waals surface area contributed by atoms with Gasteiger partial charge in [-0.3, -0.25) is 0 Å². The zero-order valence-corrected chi connectivity index (χ0v) is 8.88. The standard InChI is InChI=1S/C7H6OSe2/c1-8-5-3-2-4-6(9)7(5)10/h2-4H,1H3. The van der Waals surface area contributed by atoms with Gasteiger partial charge in [0.2, 0.25) is 0 Å². The first-order chi connectivity index (χ1) is 4.75. The van der Waals surface area contributed by atoms with E-state index in [4.69, 9.17) is 4.74 Å². The zero-order valence-electron chi connectivity index (χ0n) is 5.46. The van der Waals surface area contributed by atoms with Gasteiger partial charge in [0, 0.05) is 0 Å². The first-order valence-electron chi connectivity index (χ1n) is 2.76. The molecule has 0 aromatic heterocycles. The molecule has 0 spiro atoms. The van der Waals surface area contributed by atoms with E-state index in [0.29, 0.717) is 0 Å². The molecule has 0 atom stereocenters. The molecule has 10 heavy (non-hydrogen) atoms. The minimum absolute atomic E-state index is 0.885. The number of benzene rings is 1. The maximum absolute atomic E-state index is 5.07. The average Bonchev–Trinajstić information content (AvgIpc) is 1.95. The minimum atomic E-state index is 0.885. The number of ether oxygens (including phenoxy) is 1. The molecular weight excluding hydrogens is 258 g/mol. The molecule has 0 aliphatic heterocycles. The molecule has 0 unspecified atom stereocenters. The average molecular weight is 264 g/mol. The Morgan fingerprint density at radius 1 is 1.30 bits per heavy atom. The fourth-order valence-electron chi connectivity index (χ4n) is 0.656. The maximum atomic E-state index is 5.07. The van der Waals surface area contributed by atoms with Crippen molar-refractivity contribution >= 4 is 40.9 Å². The number of hydrogen-bond donors (Lipinski definition) is 0. The van der Waals surface area contributed by atoms with E-state index >= 15 is 0 Å². The number of hydrogen-bond acceptors (Lipinski definition) is 1. The van der Waals surface area contributed by atoms with E-state index in [1.165, 1.54) is 0 Å². The van der Waals surface area contributed by atoms with E-state index in [9.17, 15) is 0 Å². The van der Waals surface area contributed by atoms with E-state index in [0.717, 1.165) is 14.7 Å². The number of methoxy groups -OCH3 is 1. The van der Waals surface area contributed by atoms with E-state index in [2.05, 4.69) is 32.0 Å². The molecule has 0 N–H and O–H groups in total. The van der Waals surface area contributed by atoms with Gasteiger partial charge in [0.15, 0.2) is 0 Å². The zero-order chi connectivity index (χ0) is 7.56. The Bertz CT molecular complexity index is 235. The first-order valence-corrected chi connectivity index (χ1v) is 4.48. The first kappa shape index (κ1) is 8.16. The van der Waals surface area contributed by atoms with Gasteiger partial charge in [-0.15, -0.1) is 0 Å². The molecule has 0 aliphatic rings. The van der Waals surface area contributed by atoms with Gasteiger partial charge in [-0.2, -0.15) is 0 Å². The summed E-state index contributed by atoms with van der Waals surface area (Å²) in [5.74, 6) is 0.885. The van der Waals surface area contributed by atoms with Crippen molar-refractivity contribution in [3.8, 4) is 5.75 Å². The Hall–Kier alpha value is 0.0590. The predicted molar refractivity (Wildman–Crippen MR) is 43.8 cm³/mol. The SMILES string of the molecule is COc1cccc([Se])c1[Se]. The van der Waals surface area contributed by atoms with E-state index in [-0.39, 0.29) is 0 Å². The van der Waals surface area contributed by atoms with Crippen molar-refractivity contribution in [2.24, 2.45) is 0 Å². The Kier molecular flexibility index (Phi) is 2.81. The summed E-state index contributed by atoms with van der Waals surface area (Å²) in [7, 11) is 1.66. The summed E-state index contributed by atoms with van der Waals surface area (Å²) < 4.78 is 7.22. The van der Waals surface area contributed by atoms with Gasteiger partial charge in [-0.05, 0) is 0 Å². The summed E-state index contributed by atoms with van der Waals surface area (Å²) in [5.41, 5.74) is 0. The van der Waals surface area contributed by atoms with Crippen molar-refractivity contribution in [1.82, 2.24) is 0 Å². The topological polar surface area (TPSA) is 9.23 Å². The second-order valence-electron chi connectivity index (χ2n) is 1.79.